The van der Waals surface area contributed by atoms with Crippen molar-refractivity contribution >= 4 is 11.6 Å². The summed E-state index contributed by atoms with van der Waals surface area (Å²) < 4.78 is 0. The first-order valence-corrected chi connectivity index (χ1v) is 3.86. The maximum atomic E-state index is 5.72. The number of rotatable bonds is 1. The van der Waals surface area contributed by atoms with Crippen LogP contribution in [0, 0.1) is 0 Å². The molecule has 0 bridgehead atoms. The van der Waals surface area contributed by atoms with Gasteiger partial charge >= 0.3 is 0 Å². The molecule has 0 aliphatic rings. The number of hydrogen-bond donors (Lipinski definition) is 0. The van der Waals surface area contributed by atoms with Crippen molar-refractivity contribution in [3.05, 3.63) is 41.7 Å². The van der Waals surface area contributed by atoms with Crippen LogP contribution in [0.25, 0.3) is 5.69 Å². The van der Waals surface area contributed by atoms with Crippen molar-refractivity contribution in [2.24, 2.45) is 0 Å². The Morgan fingerprint density at radius 1 is 1.00 bits per heavy atom. The van der Waals surface area contributed by atoms with Crippen LogP contribution in [0.2, 0.25) is 5.02 Å². The van der Waals surface area contributed by atoms with Gasteiger partial charge < -0.3 is 0 Å². The van der Waals surface area contributed by atoms with Crippen LogP contribution in [0.15, 0.2) is 36.7 Å². The van der Waals surface area contributed by atoms with Crippen LogP contribution >= 0.6 is 11.6 Å². The fraction of sp³-hybridized carbons (Fsp3) is 0. The van der Waals surface area contributed by atoms with E-state index in [9.17, 15) is 0 Å². The van der Waals surface area contributed by atoms with Gasteiger partial charge in [0.1, 0.15) is 0 Å². The van der Waals surface area contributed by atoms with Crippen LogP contribution in [-0.2, 0) is 0 Å². The Morgan fingerprint density at radius 2 is 1.58 bits per heavy atom. The summed E-state index contributed by atoms with van der Waals surface area (Å²) in [5.41, 5.74) is 0.907. The molecule has 0 radical (unpaired) electrons. The number of hydrogen-bond acceptors (Lipinski definition) is 2. The van der Waals surface area contributed by atoms with E-state index in [1.54, 1.807) is 24.5 Å². The number of benzene rings is 1. The lowest BCUT2D eigenvalue weighted by molar-refractivity contribution is 0.752. The van der Waals surface area contributed by atoms with Crippen molar-refractivity contribution in [1.29, 1.82) is 0 Å². The Kier molecular flexibility index (Phi) is 1.80. The highest BCUT2D eigenvalue weighted by atomic mass is 35.5. The SMILES string of the molecule is Clc1ccc(-n2nccn2)cc1. The third-order valence-corrected chi connectivity index (χ3v) is 1.73. The van der Waals surface area contributed by atoms with Crippen LogP contribution in [-0.4, -0.2) is 15.0 Å². The minimum atomic E-state index is 0.714. The second-order valence-corrected chi connectivity index (χ2v) is 2.73. The summed E-state index contributed by atoms with van der Waals surface area (Å²) in [5, 5.41) is 8.67. The number of nitrogens with zero attached hydrogens (tertiary/aromatic N) is 3. The van der Waals surface area contributed by atoms with Gasteiger partial charge in [-0.25, -0.2) is 0 Å². The Bertz CT molecular complexity index is 352. The molecule has 0 N–H and O–H groups in total. The lowest BCUT2D eigenvalue weighted by Crippen LogP contribution is -1.97. The highest BCUT2D eigenvalue weighted by Crippen LogP contribution is 2.10. The molecule has 0 fully saturated rings. The highest BCUT2D eigenvalue weighted by molar-refractivity contribution is 6.30. The van der Waals surface area contributed by atoms with Gasteiger partial charge in [0.05, 0.1) is 18.1 Å². The average Bonchev–Trinajstić information content (AvgIpc) is 2.58. The Morgan fingerprint density at radius 3 is 2.17 bits per heavy atom. The molecule has 4 heteroatoms. The molecule has 0 saturated carbocycles. The van der Waals surface area contributed by atoms with Crippen LogP contribution in [0.3, 0.4) is 0 Å². The Labute approximate surface area is 74.6 Å². The van der Waals surface area contributed by atoms with E-state index < -0.39 is 0 Å². The second kappa shape index (κ2) is 2.95. The lowest BCUT2D eigenvalue weighted by atomic mass is 10.3. The third-order valence-electron chi connectivity index (χ3n) is 1.48. The van der Waals surface area contributed by atoms with Gasteiger partial charge in [-0.2, -0.15) is 15.0 Å². The maximum Gasteiger partial charge on any atom is 0.0857 e. The van der Waals surface area contributed by atoms with Crippen LogP contribution in [0.5, 0.6) is 0 Å². The van der Waals surface area contributed by atoms with Gasteiger partial charge in [-0.3, -0.25) is 0 Å². The first kappa shape index (κ1) is 7.31. The van der Waals surface area contributed by atoms with Gasteiger partial charge in [0.2, 0.25) is 0 Å². The molecule has 2 aromatic rings. The van der Waals surface area contributed by atoms with Crippen molar-refractivity contribution < 1.29 is 0 Å². The molecule has 0 aliphatic heterocycles. The van der Waals surface area contributed by atoms with Gasteiger partial charge in [-0.05, 0) is 24.3 Å². The molecule has 1 aromatic carbocycles. The smallest absolute Gasteiger partial charge is 0.0857 e. The van der Waals surface area contributed by atoms with Crippen molar-refractivity contribution in [3.8, 4) is 5.69 Å². The van der Waals surface area contributed by atoms with E-state index in [1.807, 2.05) is 12.1 Å². The molecular weight excluding hydrogens is 174 g/mol. The fourth-order valence-electron chi connectivity index (χ4n) is 0.923. The zero-order chi connectivity index (χ0) is 8.39. The standard InChI is InChI=1S/C8H6ClN3/c9-7-1-3-8(4-2-7)12-10-5-6-11-12/h1-6H. The first-order chi connectivity index (χ1) is 5.86. The molecule has 0 aliphatic carbocycles. The van der Waals surface area contributed by atoms with Crippen LogP contribution < -0.4 is 0 Å². The molecular formula is C8H6ClN3. The van der Waals surface area contributed by atoms with Gasteiger partial charge in [-0.15, -0.1) is 0 Å². The third kappa shape index (κ3) is 1.31. The highest BCUT2D eigenvalue weighted by Gasteiger charge is 1.95. The summed E-state index contributed by atoms with van der Waals surface area (Å²) in [5.74, 6) is 0. The van der Waals surface area contributed by atoms with Crippen molar-refractivity contribution in [3.63, 3.8) is 0 Å². The van der Waals surface area contributed by atoms with E-state index in [0.29, 0.717) is 5.02 Å². The summed E-state index contributed by atoms with van der Waals surface area (Å²) in [6.45, 7) is 0. The first-order valence-electron chi connectivity index (χ1n) is 3.48. The minimum Gasteiger partial charge on any atom is -0.157 e. The molecule has 0 atom stereocenters. The largest absolute Gasteiger partial charge is 0.157 e. The zero-order valence-corrected chi connectivity index (χ0v) is 6.94. The van der Waals surface area contributed by atoms with E-state index in [0.717, 1.165) is 5.69 Å². The molecule has 1 aromatic heterocycles. The number of halogens is 1. The summed E-state index contributed by atoms with van der Waals surface area (Å²) in [4.78, 5) is 1.54. The van der Waals surface area contributed by atoms with E-state index in [2.05, 4.69) is 10.2 Å². The molecule has 0 amide bonds. The van der Waals surface area contributed by atoms with E-state index >= 15 is 0 Å². The summed E-state index contributed by atoms with van der Waals surface area (Å²) >= 11 is 5.72. The quantitative estimate of drug-likeness (QED) is 0.670. The Balaban J connectivity index is 2.43. The van der Waals surface area contributed by atoms with E-state index in [4.69, 9.17) is 11.6 Å². The normalized spacial score (nSPS) is 10.1. The lowest BCUT2D eigenvalue weighted by Gasteiger charge is -1.97. The average molecular weight is 180 g/mol. The predicted molar refractivity (Wildman–Crippen MR) is 46.4 cm³/mol. The summed E-state index contributed by atoms with van der Waals surface area (Å²) in [7, 11) is 0. The van der Waals surface area contributed by atoms with Gasteiger partial charge in [0.25, 0.3) is 0 Å². The maximum absolute atomic E-state index is 5.72. The van der Waals surface area contributed by atoms with Gasteiger partial charge in [0, 0.05) is 5.02 Å². The van der Waals surface area contributed by atoms with Crippen molar-refractivity contribution in [1.82, 2.24) is 15.0 Å². The molecule has 0 unspecified atom stereocenters. The number of aromatic nitrogens is 3. The van der Waals surface area contributed by atoms with Crippen molar-refractivity contribution in [2.75, 3.05) is 0 Å². The molecule has 0 spiro atoms. The Hall–Kier alpha value is -1.35. The molecule has 3 nitrogen and oxygen atoms in total. The summed E-state index contributed by atoms with van der Waals surface area (Å²) in [6, 6.07) is 7.34. The molecule has 12 heavy (non-hydrogen) atoms. The monoisotopic (exact) mass is 179 g/mol. The summed E-state index contributed by atoms with van der Waals surface area (Å²) in [6.07, 6.45) is 3.27. The van der Waals surface area contributed by atoms with E-state index in [1.165, 1.54) is 4.80 Å². The molecule has 1 heterocycles. The van der Waals surface area contributed by atoms with Crippen molar-refractivity contribution in [2.45, 2.75) is 0 Å². The van der Waals surface area contributed by atoms with Crippen LogP contribution in [0.1, 0.15) is 0 Å². The molecule has 0 saturated heterocycles. The van der Waals surface area contributed by atoms with Gasteiger partial charge in [0.15, 0.2) is 0 Å². The van der Waals surface area contributed by atoms with Gasteiger partial charge in [-0.1, -0.05) is 11.6 Å². The van der Waals surface area contributed by atoms with E-state index in [-0.39, 0.29) is 0 Å². The zero-order valence-electron chi connectivity index (χ0n) is 6.18. The topological polar surface area (TPSA) is 30.7 Å². The molecule has 60 valence electrons. The van der Waals surface area contributed by atoms with Crippen LogP contribution in [0.4, 0.5) is 0 Å². The fourth-order valence-corrected chi connectivity index (χ4v) is 1.05. The minimum absolute atomic E-state index is 0.714. The second-order valence-electron chi connectivity index (χ2n) is 2.29. The molecule has 2 rings (SSSR count). The predicted octanol–water partition coefficient (Wildman–Crippen LogP) is 1.92.